The first-order chi connectivity index (χ1) is 13.9. The van der Waals surface area contributed by atoms with Gasteiger partial charge in [-0.05, 0) is 29.7 Å². The highest BCUT2D eigenvalue weighted by atomic mass is 32.2. The number of thioether (sulfide) groups is 1. The van der Waals surface area contributed by atoms with Gasteiger partial charge in [0, 0.05) is 20.0 Å². The first-order valence-corrected chi connectivity index (χ1v) is 11.2. The first kappa shape index (κ1) is 23.2. The summed E-state index contributed by atoms with van der Waals surface area (Å²) < 4.78 is 5.57. The van der Waals surface area contributed by atoms with Gasteiger partial charge in [-0.25, -0.2) is 0 Å². The van der Waals surface area contributed by atoms with Gasteiger partial charge >= 0.3 is 5.97 Å². The Bertz CT molecular complexity index is 723. The van der Waals surface area contributed by atoms with E-state index in [1.165, 1.54) is 6.92 Å². The molecular weight excluding hydrogens is 382 g/mol. The summed E-state index contributed by atoms with van der Waals surface area (Å²) in [6.07, 6.45) is 1.70. The van der Waals surface area contributed by atoms with E-state index < -0.39 is 12.1 Å². The number of benzene rings is 2. The van der Waals surface area contributed by atoms with E-state index in [0.29, 0.717) is 19.0 Å². The molecule has 0 bridgehead atoms. The minimum Gasteiger partial charge on any atom is -0.452 e. The van der Waals surface area contributed by atoms with E-state index in [2.05, 4.69) is 43.0 Å². The van der Waals surface area contributed by atoms with Gasteiger partial charge in [-0.2, -0.15) is 0 Å². The van der Waals surface area contributed by atoms with E-state index >= 15 is 0 Å². The Labute approximate surface area is 178 Å². The molecule has 0 saturated carbocycles. The van der Waals surface area contributed by atoms with E-state index in [1.807, 2.05) is 36.4 Å². The Morgan fingerprint density at radius 2 is 1.41 bits per heavy atom. The van der Waals surface area contributed by atoms with Crippen molar-refractivity contribution in [1.82, 2.24) is 4.90 Å². The molecule has 0 aliphatic rings. The molecule has 5 heteroatoms. The average Bonchev–Trinajstić information content (AvgIpc) is 2.70. The average molecular weight is 414 g/mol. The second kappa shape index (κ2) is 11.8. The van der Waals surface area contributed by atoms with Crippen molar-refractivity contribution in [3.05, 3.63) is 71.8 Å². The van der Waals surface area contributed by atoms with Crippen molar-refractivity contribution >= 4 is 22.8 Å². The number of carbonyl (C=O) groups is 2. The molecule has 0 N–H and O–H groups in total. The zero-order chi connectivity index (χ0) is 21.2. The van der Waals surface area contributed by atoms with Crippen LogP contribution in [-0.2, 0) is 27.4 Å². The second-order valence-electron chi connectivity index (χ2n) is 7.63. The second-order valence-corrected chi connectivity index (χ2v) is 8.44. The lowest BCUT2D eigenvalue weighted by Crippen LogP contribution is -2.48. The van der Waals surface area contributed by atoms with Gasteiger partial charge in [0.05, 0.1) is 6.04 Å². The molecule has 2 aromatic rings. The summed E-state index contributed by atoms with van der Waals surface area (Å²) in [7, 11) is 0. The molecule has 1 unspecified atom stereocenters. The van der Waals surface area contributed by atoms with Gasteiger partial charge in [-0.3, -0.25) is 14.5 Å². The molecule has 0 spiro atoms. The molecule has 0 amide bonds. The first-order valence-electron chi connectivity index (χ1n) is 9.97. The minimum absolute atomic E-state index is 0.114. The Morgan fingerprint density at radius 3 is 1.79 bits per heavy atom. The van der Waals surface area contributed by atoms with Gasteiger partial charge < -0.3 is 4.74 Å². The number of hydrogen-bond donors (Lipinski definition) is 0. The van der Waals surface area contributed by atoms with Crippen LogP contribution in [0, 0.1) is 5.92 Å². The smallest absolute Gasteiger partial charge is 0.303 e. The van der Waals surface area contributed by atoms with Crippen LogP contribution < -0.4 is 0 Å². The fraction of sp³-hybridized carbons (Fsp3) is 0.417. The lowest BCUT2D eigenvalue weighted by Gasteiger charge is -2.37. The summed E-state index contributed by atoms with van der Waals surface area (Å²) in [5.74, 6) is -0.0766. The Balaban J connectivity index is 2.42. The lowest BCUT2D eigenvalue weighted by molar-refractivity contribution is -0.155. The number of rotatable bonds is 10. The third kappa shape index (κ3) is 7.67. The van der Waals surface area contributed by atoms with Crippen LogP contribution in [0.1, 0.15) is 38.3 Å². The number of carbonyl (C=O) groups excluding carboxylic acids is 2. The van der Waals surface area contributed by atoms with Crippen LogP contribution >= 0.6 is 11.8 Å². The summed E-state index contributed by atoms with van der Waals surface area (Å²) in [6, 6.07) is 20.2. The molecule has 0 aliphatic heterocycles. The van der Waals surface area contributed by atoms with Crippen LogP contribution in [-0.4, -0.2) is 34.4 Å². The third-order valence-electron chi connectivity index (χ3n) is 4.71. The number of hydrogen-bond acceptors (Lipinski definition) is 5. The maximum absolute atomic E-state index is 12.7. The van der Waals surface area contributed by atoms with Crippen LogP contribution in [0.15, 0.2) is 60.7 Å². The van der Waals surface area contributed by atoms with Crippen LogP contribution in [0.5, 0.6) is 0 Å². The highest BCUT2D eigenvalue weighted by molar-refractivity contribution is 8.13. The van der Waals surface area contributed by atoms with Crippen molar-refractivity contribution in [3.63, 3.8) is 0 Å². The maximum Gasteiger partial charge on any atom is 0.303 e. The fourth-order valence-corrected chi connectivity index (χ4v) is 3.89. The molecule has 29 heavy (non-hydrogen) atoms. The van der Waals surface area contributed by atoms with E-state index in [4.69, 9.17) is 4.74 Å². The van der Waals surface area contributed by atoms with Gasteiger partial charge in [-0.1, -0.05) is 86.3 Å². The van der Waals surface area contributed by atoms with Crippen molar-refractivity contribution in [2.45, 2.75) is 52.4 Å². The Hall–Kier alpha value is -2.11. The normalized spacial score (nSPS) is 13.3. The zero-order valence-electron chi connectivity index (χ0n) is 17.7. The van der Waals surface area contributed by atoms with Crippen LogP contribution in [0.4, 0.5) is 0 Å². The molecule has 156 valence electrons. The molecular formula is C24H31NO3S. The number of esters is 1. The molecule has 4 nitrogen and oxygen atoms in total. The Morgan fingerprint density at radius 1 is 0.931 bits per heavy atom. The van der Waals surface area contributed by atoms with E-state index in [-0.39, 0.29) is 11.2 Å². The fourth-order valence-electron chi connectivity index (χ4n) is 3.45. The molecule has 0 aliphatic carbocycles. The van der Waals surface area contributed by atoms with Gasteiger partial charge in [0.2, 0.25) is 5.12 Å². The topological polar surface area (TPSA) is 46.6 Å². The standard InChI is InChI=1S/C24H31NO3S/c1-18(2)15-22(23(24(27)29-4)28-19(3)26)25(16-20-11-7-5-8-12-20)17-21-13-9-6-10-14-21/h5-14,18,22-23H,15-17H2,1-4H3/t22-,23?/m0/s1. The summed E-state index contributed by atoms with van der Waals surface area (Å²) in [6.45, 7) is 6.97. The van der Waals surface area contributed by atoms with Gasteiger partial charge in [0.1, 0.15) is 0 Å². The largest absolute Gasteiger partial charge is 0.452 e. The summed E-state index contributed by atoms with van der Waals surface area (Å²) in [4.78, 5) is 26.8. The molecule has 2 atom stereocenters. The SMILES string of the molecule is CSC(=O)C(OC(C)=O)[C@H](CC(C)C)N(Cc1ccccc1)Cc1ccccc1. The molecule has 0 heterocycles. The molecule has 0 radical (unpaired) electrons. The number of ether oxygens (including phenoxy) is 1. The quantitative estimate of drug-likeness (QED) is 0.517. The summed E-state index contributed by atoms with van der Waals surface area (Å²) in [5, 5.41) is -0.114. The van der Waals surface area contributed by atoms with Crippen LogP contribution in [0.2, 0.25) is 0 Å². The van der Waals surface area contributed by atoms with Gasteiger partial charge in [0.15, 0.2) is 6.10 Å². The van der Waals surface area contributed by atoms with Crippen molar-refractivity contribution < 1.29 is 14.3 Å². The van der Waals surface area contributed by atoms with Gasteiger partial charge in [0.25, 0.3) is 0 Å². The van der Waals surface area contributed by atoms with E-state index in [9.17, 15) is 9.59 Å². The van der Waals surface area contributed by atoms with Crippen molar-refractivity contribution in [2.24, 2.45) is 5.92 Å². The monoisotopic (exact) mass is 413 g/mol. The molecule has 0 saturated heterocycles. The molecule has 2 rings (SSSR count). The van der Waals surface area contributed by atoms with Crippen molar-refractivity contribution in [3.8, 4) is 0 Å². The van der Waals surface area contributed by atoms with E-state index in [1.54, 1.807) is 6.26 Å². The van der Waals surface area contributed by atoms with Gasteiger partial charge in [-0.15, -0.1) is 0 Å². The zero-order valence-corrected chi connectivity index (χ0v) is 18.5. The third-order valence-corrected chi connectivity index (χ3v) is 5.35. The Kier molecular flexibility index (Phi) is 9.42. The van der Waals surface area contributed by atoms with Crippen molar-refractivity contribution in [1.29, 1.82) is 0 Å². The highest BCUT2D eigenvalue weighted by Crippen LogP contribution is 2.25. The maximum atomic E-state index is 12.7. The lowest BCUT2D eigenvalue weighted by atomic mass is 9.96. The summed E-state index contributed by atoms with van der Waals surface area (Å²) in [5.41, 5.74) is 2.32. The highest BCUT2D eigenvalue weighted by Gasteiger charge is 2.35. The molecule has 0 fully saturated rings. The minimum atomic E-state index is -0.794. The summed E-state index contributed by atoms with van der Waals surface area (Å²) >= 11 is 1.12. The predicted octanol–water partition coefficient (Wildman–Crippen LogP) is 4.92. The molecule has 0 aromatic heterocycles. The predicted molar refractivity (Wildman–Crippen MR) is 119 cm³/mol. The van der Waals surface area contributed by atoms with Crippen molar-refractivity contribution in [2.75, 3.05) is 6.26 Å². The van der Waals surface area contributed by atoms with Crippen LogP contribution in [0.3, 0.4) is 0 Å². The van der Waals surface area contributed by atoms with Crippen LogP contribution in [0.25, 0.3) is 0 Å². The van der Waals surface area contributed by atoms with E-state index in [0.717, 1.165) is 29.3 Å². The molecule has 2 aromatic carbocycles. The number of nitrogens with zero attached hydrogens (tertiary/aromatic N) is 1.